The van der Waals surface area contributed by atoms with E-state index in [0.29, 0.717) is 18.4 Å². The van der Waals surface area contributed by atoms with E-state index in [1.54, 1.807) is 19.2 Å². The minimum atomic E-state index is -0.354. The Morgan fingerprint density at radius 3 is 2.97 bits per heavy atom. The fourth-order valence-corrected chi connectivity index (χ4v) is 5.30. The van der Waals surface area contributed by atoms with Crippen molar-refractivity contribution in [2.24, 2.45) is 11.8 Å². The van der Waals surface area contributed by atoms with Gasteiger partial charge >= 0.3 is 6.09 Å². The van der Waals surface area contributed by atoms with Crippen LogP contribution in [0.2, 0.25) is 0 Å². The molecule has 7 nitrogen and oxygen atoms in total. The van der Waals surface area contributed by atoms with E-state index in [1.807, 2.05) is 24.3 Å². The van der Waals surface area contributed by atoms with Crippen LogP contribution in [0.5, 0.6) is 0 Å². The molecule has 0 saturated heterocycles. The van der Waals surface area contributed by atoms with Crippen molar-refractivity contribution in [3.8, 4) is 11.1 Å². The number of nitrogens with one attached hydrogen (secondary N) is 1. The number of amides is 1. The van der Waals surface area contributed by atoms with Crippen LogP contribution < -0.4 is 5.32 Å². The van der Waals surface area contributed by atoms with Gasteiger partial charge in [-0.3, -0.25) is 4.98 Å². The lowest BCUT2D eigenvalue weighted by Crippen LogP contribution is -2.44. The van der Waals surface area contributed by atoms with Crippen LogP contribution in [0.25, 0.3) is 17.2 Å². The van der Waals surface area contributed by atoms with Crippen LogP contribution in [0.4, 0.5) is 9.18 Å². The molecule has 0 bridgehead atoms. The van der Waals surface area contributed by atoms with E-state index in [4.69, 9.17) is 9.26 Å². The zero-order valence-corrected chi connectivity index (χ0v) is 19.0. The van der Waals surface area contributed by atoms with Crippen LogP contribution >= 0.6 is 0 Å². The van der Waals surface area contributed by atoms with Crippen LogP contribution in [0.15, 0.2) is 53.2 Å². The first-order valence-electron chi connectivity index (χ1n) is 11.8. The average Bonchev–Trinajstić information content (AvgIpc) is 3.30. The predicted octanol–water partition coefficient (Wildman–Crippen LogP) is 5.15. The number of aromatic nitrogens is 3. The molecule has 0 radical (unpaired) electrons. The van der Waals surface area contributed by atoms with Crippen molar-refractivity contribution < 1.29 is 18.4 Å². The van der Waals surface area contributed by atoms with Crippen LogP contribution in [-0.2, 0) is 11.2 Å². The first-order valence-corrected chi connectivity index (χ1v) is 11.8. The van der Waals surface area contributed by atoms with E-state index in [-0.39, 0.29) is 23.9 Å². The Kier molecular flexibility index (Phi) is 6.38. The normalized spacial score (nSPS) is 23.8. The maximum atomic E-state index is 13.5. The maximum absolute atomic E-state index is 13.5. The van der Waals surface area contributed by atoms with Gasteiger partial charge in [0.2, 0.25) is 0 Å². The third-order valence-corrected chi connectivity index (χ3v) is 6.87. The standard InChI is InChI=1S/C26H27FN4O3/c1-2-33-26(32)29-21-9-10-22-18(13-21)14-24-25(30-31-34-24)23(22)11-8-20-7-6-17(15-28-20)16-4-3-5-19(27)12-16/h3-8,11-12,15,18,21-23H,2,9-10,13-14H2,1H3,(H,29,32)/b11-8+/t18-,21+,22+,23-/m0/s1. The summed E-state index contributed by atoms with van der Waals surface area (Å²) in [5, 5.41) is 11.1. The molecule has 3 aromatic rings. The quantitative estimate of drug-likeness (QED) is 0.564. The van der Waals surface area contributed by atoms with Crippen molar-refractivity contribution >= 4 is 12.2 Å². The summed E-state index contributed by atoms with van der Waals surface area (Å²) in [5.74, 6) is 1.39. The highest BCUT2D eigenvalue weighted by Crippen LogP contribution is 2.47. The lowest BCUT2D eigenvalue weighted by Gasteiger charge is -2.41. The third kappa shape index (κ3) is 4.71. The van der Waals surface area contributed by atoms with Gasteiger partial charge < -0.3 is 14.6 Å². The highest BCUT2D eigenvalue weighted by molar-refractivity contribution is 5.67. The number of nitrogens with zero attached hydrogens (tertiary/aromatic N) is 3. The molecular formula is C26H27FN4O3. The van der Waals surface area contributed by atoms with Crippen LogP contribution in [0, 0.1) is 17.7 Å². The molecule has 4 atom stereocenters. The molecule has 1 saturated carbocycles. The molecule has 176 valence electrons. The molecule has 2 heterocycles. The van der Waals surface area contributed by atoms with E-state index in [2.05, 4.69) is 26.7 Å². The molecule has 1 aromatic carbocycles. The van der Waals surface area contributed by atoms with Crippen molar-refractivity contribution in [2.45, 2.75) is 44.6 Å². The van der Waals surface area contributed by atoms with Crippen molar-refractivity contribution in [3.05, 3.63) is 71.6 Å². The van der Waals surface area contributed by atoms with Crippen LogP contribution in [0.3, 0.4) is 0 Å². The number of rotatable bonds is 5. The molecule has 1 amide bonds. The van der Waals surface area contributed by atoms with Gasteiger partial charge in [-0.05, 0) is 67.9 Å². The monoisotopic (exact) mass is 462 g/mol. The lowest BCUT2D eigenvalue weighted by atomic mass is 9.65. The maximum Gasteiger partial charge on any atom is 0.407 e. The Morgan fingerprint density at radius 2 is 2.18 bits per heavy atom. The summed E-state index contributed by atoms with van der Waals surface area (Å²) >= 11 is 0. The van der Waals surface area contributed by atoms with Crippen molar-refractivity contribution in [2.75, 3.05) is 6.61 Å². The first kappa shape index (κ1) is 22.3. The SMILES string of the molecule is CCOC(=O)N[C@@H]1CC[C@@H]2[C@H](Cc3onnc3[C@H]2/C=C/c2ccc(-c3cccc(F)c3)cn2)C1. The molecular weight excluding hydrogens is 435 g/mol. The summed E-state index contributed by atoms with van der Waals surface area (Å²) in [6, 6.07) is 10.5. The minimum Gasteiger partial charge on any atom is -0.450 e. The molecule has 0 aliphatic heterocycles. The summed E-state index contributed by atoms with van der Waals surface area (Å²) in [7, 11) is 0. The smallest absolute Gasteiger partial charge is 0.407 e. The van der Waals surface area contributed by atoms with E-state index in [9.17, 15) is 9.18 Å². The first-order chi connectivity index (χ1) is 16.6. The molecule has 5 rings (SSSR count). The summed E-state index contributed by atoms with van der Waals surface area (Å²) in [5.41, 5.74) is 3.37. The van der Waals surface area contributed by atoms with Crippen LogP contribution in [-0.4, -0.2) is 34.1 Å². The molecule has 2 aliphatic carbocycles. The predicted molar refractivity (Wildman–Crippen MR) is 124 cm³/mol. The topological polar surface area (TPSA) is 90.1 Å². The fraction of sp³-hybridized carbons (Fsp3) is 0.385. The number of ether oxygens (including phenoxy) is 1. The number of benzene rings is 1. The summed E-state index contributed by atoms with van der Waals surface area (Å²) in [4.78, 5) is 16.4. The molecule has 1 fully saturated rings. The number of hydrogen-bond acceptors (Lipinski definition) is 6. The number of carbonyl (C=O) groups excluding carboxylic acids is 1. The highest BCUT2D eigenvalue weighted by Gasteiger charge is 2.42. The second-order valence-corrected chi connectivity index (χ2v) is 8.95. The summed E-state index contributed by atoms with van der Waals surface area (Å²) in [6.45, 7) is 2.17. The second-order valence-electron chi connectivity index (χ2n) is 8.95. The van der Waals surface area contributed by atoms with E-state index in [1.165, 1.54) is 12.1 Å². The van der Waals surface area contributed by atoms with E-state index in [0.717, 1.165) is 54.0 Å². The van der Waals surface area contributed by atoms with Gasteiger partial charge in [-0.15, -0.1) is 5.10 Å². The fourth-order valence-electron chi connectivity index (χ4n) is 5.30. The van der Waals surface area contributed by atoms with Crippen LogP contribution in [0.1, 0.15) is 49.3 Å². The number of allylic oxidation sites excluding steroid dienone is 1. The molecule has 2 aromatic heterocycles. The van der Waals surface area contributed by atoms with Crippen molar-refractivity contribution in [1.29, 1.82) is 0 Å². The van der Waals surface area contributed by atoms with Gasteiger partial charge in [0.25, 0.3) is 0 Å². The van der Waals surface area contributed by atoms with Gasteiger partial charge in [-0.25, -0.2) is 9.18 Å². The summed E-state index contributed by atoms with van der Waals surface area (Å²) < 4.78 is 24.0. The number of carbonyl (C=O) groups is 1. The zero-order chi connectivity index (χ0) is 23.5. The van der Waals surface area contributed by atoms with Gasteiger partial charge in [-0.2, -0.15) is 0 Å². The Bertz CT molecular complexity index is 1180. The molecule has 0 unspecified atom stereocenters. The molecule has 1 N–H and O–H groups in total. The number of fused-ring (bicyclic) bond motifs is 2. The minimum absolute atomic E-state index is 0.0771. The zero-order valence-electron chi connectivity index (χ0n) is 19.0. The Morgan fingerprint density at radius 1 is 1.26 bits per heavy atom. The van der Waals surface area contributed by atoms with Gasteiger partial charge in [0.05, 0.1) is 12.3 Å². The molecule has 2 aliphatic rings. The van der Waals surface area contributed by atoms with Crippen molar-refractivity contribution in [1.82, 2.24) is 20.7 Å². The van der Waals surface area contributed by atoms with Gasteiger partial charge in [0.1, 0.15) is 11.5 Å². The molecule has 34 heavy (non-hydrogen) atoms. The number of pyridine rings is 1. The lowest BCUT2D eigenvalue weighted by molar-refractivity contribution is 0.125. The molecule has 0 spiro atoms. The van der Waals surface area contributed by atoms with Gasteiger partial charge in [0, 0.05) is 35.4 Å². The highest BCUT2D eigenvalue weighted by atomic mass is 19.1. The van der Waals surface area contributed by atoms with Crippen molar-refractivity contribution in [3.63, 3.8) is 0 Å². The average molecular weight is 463 g/mol. The van der Waals surface area contributed by atoms with Gasteiger partial charge in [-0.1, -0.05) is 24.3 Å². The number of hydrogen-bond donors (Lipinski definition) is 1. The van der Waals surface area contributed by atoms with Gasteiger partial charge in [0.15, 0.2) is 5.76 Å². The largest absolute Gasteiger partial charge is 0.450 e. The number of halogens is 1. The van der Waals surface area contributed by atoms with E-state index < -0.39 is 0 Å². The Balaban J connectivity index is 1.32. The third-order valence-electron chi connectivity index (χ3n) is 6.87. The number of alkyl carbamates (subject to hydrolysis) is 1. The molecule has 8 heteroatoms. The Labute approximate surface area is 197 Å². The summed E-state index contributed by atoms with van der Waals surface area (Å²) in [6.07, 6.45) is 9.06. The van der Waals surface area contributed by atoms with E-state index >= 15 is 0 Å². The second kappa shape index (κ2) is 9.75. The Hall–Kier alpha value is -3.55.